The molecule has 0 bridgehead atoms. The average molecular weight is 298 g/mol. The Balaban J connectivity index is 2.42. The normalized spacial score (nSPS) is 11.3. The van der Waals surface area contributed by atoms with E-state index in [4.69, 9.17) is 16.3 Å². The molecule has 1 aromatic carbocycles. The summed E-state index contributed by atoms with van der Waals surface area (Å²) in [4.78, 5) is 3.99. The van der Waals surface area contributed by atoms with Crippen LogP contribution in [-0.4, -0.2) is 20.5 Å². The van der Waals surface area contributed by atoms with Crippen LogP contribution in [0.3, 0.4) is 0 Å². The lowest BCUT2D eigenvalue weighted by Crippen LogP contribution is -2.07. The SMILES string of the molecule is COc1ccc(Cl)cc1S(=O)(=O)Cc1cccnc1. The molecule has 1 heterocycles. The molecule has 4 nitrogen and oxygen atoms in total. The summed E-state index contributed by atoms with van der Waals surface area (Å²) >= 11 is 5.85. The summed E-state index contributed by atoms with van der Waals surface area (Å²) < 4.78 is 29.8. The van der Waals surface area contributed by atoms with E-state index in [9.17, 15) is 8.42 Å². The van der Waals surface area contributed by atoms with Gasteiger partial charge in [-0.25, -0.2) is 8.42 Å². The van der Waals surface area contributed by atoms with Gasteiger partial charge < -0.3 is 4.74 Å². The Labute approximate surface area is 116 Å². The topological polar surface area (TPSA) is 56.3 Å². The third-order valence-corrected chi connectivity index (χ3v) is 4.48. The number of nitrogens with zero attached hydrogens (tertiary/aromatic N) is 1. The second kappa shape index (κ2) is 5.59. The molecule has 0 aliphatic rings. The van der Waals surface area contributed by atoms with E-state index in [1.54, 1.807) is 30.5 Å². The minimum Gasteiger partial charge on any atom is -0.495 e. The summed E-state index contributed by atoms with van der Waals surface area (Å²) in [5, 5.41) is 0.352. The highest BCUT2D eigenvalue weighted by atomic mass is 35.5. The van der Waals surface area contributed by atoms with Crippen LogP contribution in [0.4, 0.5) is 0 Å². The maximum atomic E-state index is 12.4. The maximum absolute atomic E-state index is 12.4. The molecule has 0 saturated carbocycles. The van der Waals surface area contributed by atoms with Crippen LogP contribution in [0.15, 0.2) is 47.6 Å². The minimum absolute atomic E-state index is 0.0892. The summed E-state index contributed by atoms with van der Waals surface area (Å²) in [6, 6.07) is 7.93. The number of pyridine rings is 1. The molecule has 0 amide bonds. The second-order valence-corrected chi connectivity index (χ2v) is 6.31. The fourth-order valence-corrected chi connectivity index (χ4v) is 3.44. The van der Waals surface area contributed by atoms with Gasteiger partial charge in [0, 0.05) is 17.4 Å². The van der Waals surface area contributed by atoms with Crippen molar-refractivity contribution in [3.05, 3.63) is 53.3 Å². The number of rotatable bonds is 4. The first-order valence-corrected chi connectivity index (χ1v) is 7.51. The third kappa shape index (κ3) is 3.24. The number of ether oxygens (including phenoxy) is 1. The van der Waals surface area contributed by atoms with Gasteiger partial charge in [0.1, 0.15) is 10.6 Å². The van der Waals surface area contributed by atoms with Crippen LogP contribution in [0.5, 0.6) is 5.75 Å². The Hall–Kier alpha value is -1.59. The Morgan fingerprint density at radius 2 is 2.11 bits per heavy atom. The highest BCUT2D eigenvalue weighted by molar-refractivity contribution is 7.90. The van der Waals surface area contributed by atoms with Gasteiger partial charge in [0.25, 0.3) is 0 Å². The lowest BCUT2D eigenvalue weighted by Gasteiger charge is -2.09. The number of benzene rings is 1. The quantitative estimate of drug-likeness (QED) is 0.870. The van der Waals surface area contributed by atoms with E-state index in [1.165, 1.54) is 19.4 Å². The third-order valence-electron chi connectivity index (χ3n) is 2.54. The van der Waals surface area contributed by atoms with E-state index in [-0.39, 0.29) is 16.4 Å². The summed E-state index contributed by atoms with van der Waals surface area (Å²) in [6.07, 6.45) is 3.12. The Morgan fingerprint density at radius 3 is 2.74 bits per heavy atom. The van der Waals surface area contributed by atoms with Gasteiger partial charge in [0.05, 0.1) is 12.9 Å². The van der Waals surface area contributed by atoms with Gasteiger partial charge in [-0.1, -0.05) is 17.7 Å². The molecule has 0 unspecified atom stereocenters. The van der Waals surface area contributed by atoms with E-state index in [1.807, 2.05) is 0 Å². The molecule has 19 heavy (non-hydrogen) atoms. The van der Waals surface area contributed by atoms with Crippen molar-refractivity contribution in [2.24, 2.45) is 0 Å². The number of hydrogen-bond donors (Lipinski definition) is 0. The molecule has 0 aliphatic carbocycles. The van der Waals surface area contributed by atoms with E-state index < -0.39 is 9.84 Å². The predicted octanol–water partition coefficient (Wildman–Crippen LogP) is 2.72. The van der Waals surface area contributed by atoms with Crippen LogP contribution in [0.1, 0.15) is 5.56 Å². The largest absolute Gasteiger partial charge is 0.495 e. The molecule has 0 atom stereocenters. The van der Waals surface area contributed by atoms with Crippen molar-refractivity contribution in [3.63, 3.8) is 0 Å². The fraction of sp³-hybridized carbons (Fsp3) is 0.154. The molecule has 0 saturated heterocycles. The Bertz CT molecular complexity index is 672. The zero-order valence-electron chi connectivity index (χ0n) is 10.2. The Kier molecular flexibility index (Phi) is 4.07. The molecule has 0 aliphatic heterocycles. The second-order valence-electron chi connectivity index (χ2n) is 3.92. The van der Waals surface area contributed by atoms with Crippen LogP contribution >= 0.6 is 11.6 Å². The summed E-state index contributed by atoms with van der Waals surface area (Å²) in [5.74, 6) is 0.144. The standard InChI is InChI=1S/C13H12ClNO3S/c1-18-12-5-4-11(14)7-13(12)19(16,17)9-10-3-2-6-15-8-10/h2-8H,9H2,1H3. The minimum atomic E-state index is -3.53. The van der Waals surface area contributed by atoms with Crippen molar-refractivity contribution in [1.29, 1.82) is 0 Å². The average Bonchev–Trinajstić information content (AvgIpc) is 2.39. The molecular weight excluding hydrogens is 286 g/mol. The van der Waals surface area contributed by atoms with E-state index >= 15 is 0 Å². The highest BCUT2D eigenvalue weighted by Gasteiger charge is 2.20. The van der Waals surface area contributed by atoms with E-state index in [2.05, 4.69) is 4.98 Å². The van der Waals surface area contributed by atoms with Crippen molar-refractivity contribution in [2.45, 2.75) is 10.6 Å². The Morgan fingerprint density at radius 1 is 1.32 bits per heavy atom. The highest BCUT2D eigenvalue weighted by Crippen LogP contribution is 2.29. The maximum Gasteiger partial charge on any atom is 0.186 e. The molecule has 2 rings (SSSR count). The number of hydrogen-bond acceptors (Lipinski definition) is 4. The molecule has 1 aromatic heterocycles. The number of halogens is 1. The molecular formula is C13H12ClNO3S. The first-order valence-electron chi connectivity index (χ1n) is 5.48. The molecule has 100 valence electrons. The lowest BCUT2D eigenvalue weighted by molar-refractivity contribution is 0.402. The van der Waals surface area contributed by atoms with Crippen LogP contribution in [0.25, 0.3) is 0 Å². The van der Waals surface area contributed by atoms with Crippen LogP contribution < -0.4 is 4.74 Å². The molecule has 0 fully saturated rings. The molecule has 0 radical (unpaired) electrons. The first-order chi connectivity index (χ1) is 9.03. The molecule has 2 aromatic rings. The van der Waals surface area contributed by atoms with Crippen molar-refractivity contribution in [2.75, 3.05) is 7.11 Å². The van der Waals surface area contributed by atoms with Crippen LogP contribution in [-0.2, 0) is 15.6 Å². The van der Waals surface area contributed by atoms with Gasteiger partial charge in [0.2, 0.25) is 0 Å². The summed E-state index contributed by atoms with van der Waals surface area (Å²) in [6.45, 7) is 0. The number of sulfone groups is 1. The van der Waals surface area contributed by atoms with E-state index in [0.717, 1.165) is 0 Å². The zero-order valence-corrected chi connectivity index (χ0v) is 11.8. The number of methoxy groups -OCH3 is 1. The summed E-state index contributed by atoms with van der Waals surface area (Å²) in [5.41, 5.74) is 0.615. The van der Waals surface area contributed by atoms with Crippen molar-refractivity contribution < 1.29 is 13.2 Å². The predicted molar refractivity (Wildman–Crippen MR) is 73.1 cm³/mol. The smallest absolute Gasteiger partial charge is 0.186 e. The number of aromatic nitrogens is 1. The molecule has 0 spiro atoms. The van der Waals surface area contributed by atoms with Gasteiger partial charge >= 0.3 is 0 Å². The van der Waals surface area contributed by atoms with Crippen molar-refractivity contribution in [3.8, 4) is 5.75 Å². The molecule has 0 N–H and O–H groups in total. The lowest BCUT2D eigenvalue weighted by atomic mass is 10.3. The van der Waals surface area contributed by atoms with Crippen LogP contribution in [0, 0.1) is 0 Å². The van der Waals surface area contributed by atoms with Gasteiger partial charge in [0.15, 0.2) is 9.84 Å². The van der Waals surface area contributed by atoms with Gasteiger partial charge in [-0.15, -0.1) is 0 Å². The van der Waals surface area contributed by atoms with E-state index in [0.29, 0.717) is 10.6 Å². The van der Waals surface area contributed by atoms with Gasteiger partial charge in [-0.05, 0) is 29.8 Å². The van der Waals surface area contributed by atoms with Crippen LogP contribution in [0.2, 0.25) is 5.02 Å². The fourth-order valence-electron chi connectivity index (χ4n) is 1.67. The van der Waals surface area contributed by atoms with Gasteiger partial charge in [-0.3, -0.25) is 4.98 Å². The first kappa shape index (κ1) is 13.8. The zero-order chi connectivity index (χ0) is 13.9. The van der Waals surface area contributed by atoms with Crippen molar-refractivity contribution in [1.82, 2.24) is 4.98 Å². The molecule has 6 heteroatoms. The van der Waals surface area contributed by atoms with Crippen molar-refractivity contribution >= 4 is 21.4 Å². The van der Waals surface area contributed by atoms with Gasteiger partial charge in [-0.2, -0.15) is 0 Å². The monoisotopic (exact) mass is 297 g/mol. The summed E-state index contributed by atoms with van der Waals surface area (Å²) in [7, 11) is -2.11.